The summed E-state index contributed by atoms with van der Waals surface area (Å²) < 4.78 is 0. The van der Waals surface area contributed by atoms with E-state index in [1.807, 2.05) is 37.4 Å². The number of rotatable bonds is 1. The lowest BCUT2D eigenvalue weighted by Gasteiger charge is -2.37. The Bertz CT molecular complexity index is 481. The highest BCUT2D eigenvalue weighted by molar-refractivity contribution is 6.09. The van der Waals surface area contributed by atoms with Crippen LogP contribution in [0.5, 0.6) is 0 Å². The van der Waals surface area contributed by atoms with Crippen molar-refractivity contribution in [3.05, 3.63) is 35.9 Å². The van der Waals surface area contributed by atoms with Crippen molar-refractivity contribution in [3.63, 3.8) is 0 Å². The zero-order valence-electron chi connectivity index (χ0n) is 10.7. The maximum atomic E-state index is 12.4. The number of nitrogens with zero attached hydrogens (tertiary/aromatic N) is 2. The summed E-state index contributed by atoms with van der Waals surface area (Å²) in [5.41, 5.74) is 1.04. The first-order valence-electron chi connectivity index (χ1n) is 6.68. The first-order chi connectivity index (χ1) is 8.77. The maximum Gasteiger partial charge on any atom is 0.233 e. The monoisotopic (exact) mass is 242 g/mol. The van der Waals surface area contributed by atoms with Gasteiger partial charge in [-0.3, -0.25) is 14.7 Å². The van der Waals surface area contributed by atoms with Gasteiger partial charge in [-0.2, -0.15) is 0 Å². The predicted octanol–water partition coefficient (Wildman–Crippen LogP) is 2.46. The second-order valence-corrected chi connectivity index (χ2v) is 5.17. The highest BCUT2D eigenvalue weighted by Crippen LogP contribution is 2.32. The molecule has 1 amide bonds. The summed E-state index contributed by atoms with van der Waals surface area (Å²) in [6.45, 7) is 0. The van der Waals surface area contributed by atoms with E-state index in [0.717, 1.165) is 30.7 Å². The third kappa shape index (κ3) is 1.84. The molecule has 2 atom stereocenters. The molecule has 0 bridgehead atoms. The minimum atomic E-state index is 0.121. The normalized spacial score (nSPS) is 27.7. The lowest BCUT2D eigenvalue weighted by Crippen LogP contribution is -2.48. The van der Waals surface area contributed by atoms with Gasteiger partial charge in [-0.15, -0.1) is 0 Å². The lowest BCUT2D eigenvalue weighted by molar-refractivity contribution is -0.132. The summed E-state index contributed by atoms with van der Waals surface area (Å²) >= 11 is 0. The summed E-state index contributed by atoms with van der Waals surface area (Å²) in [5.74, 6) is 1.20. The fraction of sp³-hybridized carbons (Fsp3) is 0.467. The van der Waals surface area contributed by atoms with Crippen LogP contribution >= 0.6 is 0 Å². The maximum absolute atomic E-state index is 12.4. The fourth-order valence-corrected chi connectivity index (χ4v) is 3.01. The van der Waals surface area contributed by atoms with Crippen LogP contribution in [0.2, 0.25) is 0 Å². The number of carbonyl (C=O) groups is 1. The molecular formula is C15H18N2O. The van der Waals surface area contributed by atoms with E-state index >= 15 is 0 Å². The van der Waals surface area contributed by atoms with Gasteiger partial charge in [0.1, 0.15) is 5.84 Å². The summed E-state index contributed by atoms with van der Waals surface area (Å²) in [7, 11) is 1.85. The minimum absolute atomic E-state index is 0.121. The van der Waals surface area contributed by atoms with Crippen LogP contribution in [0, 0.1) is 5.92 Å². The molecule has 1 saturated carbocycles. The highest BCUT2D eigenvalue weighted by atomic mass is 16.2. The van der Waals surface area contributed by atoms with Gasteiger partial charge < -0.3 is 0 Å². The Labute approximate surface area is 108 Å². The third-order valence-electron chi connectivity index (χ3n) is 4.02. The zero-order valence-corrected chi connectivity index (χ0v) is 10.7. The topological polar surface area (TPSA) is 32.7 Å². The molecule has 0 radical (unpaired) electrons. The molecular weight excluding hydrogens is 224 g/mol. The number of hydrogen-bond acceptors (Lipinski definition) is 2. The van der Waals surface area contributed by atoms with E-state index < -0.39 is 0 Å². The number of carbonyl (C=O) groups excluding carboxylic acids is 1. The van der Waals surface area contributed by atoms with E-state index in [1.54, 1.807) is 4.90 Å². The summed E-state index contributed by atoms with van der Waals surface area (Å²) in [4.78, 5) is 19.0. The number of hydrogen-bond donors (Lipinski definition) is 0. The number of benzene rings is 1. The molecule has 0 aromatic heterocycles. The van der Waals surface area contributed by atoms with E-state index in [4.69, 9.17) is 4.99 Å². The van der Waals surface area contributed by atoms with Crippen LogP contribution in [0.3, 0.4) is 0 Å². The van der Waals surface area contributed by atoms with Gasteiger partial charge in [0, 0.05) is 12.6 Å². The van der Waals surface area contributed by atoms with Crippen molar-refractivity contribution in [3.8, 4) is 0 Å². The number of amidine groups is 1. The van der Waals surface area contributed by atoms with Crippen LogP contribution in [0.4, 0.5) is 0 Å². The molecule has 1 heterocycles. The van der Waals surface area contributed by atoms with Crippen molar-refractivity contribution in [1.29, 1.82) is 0 Å². The van der Waals surface area contributed by atoms with Crippen molar-refractivity contribution in [2.45, 2.75) is 31.7 Å². The molecule has 2 unspecified atom stereocenters. The van der Waals surface area contributed by atoms with Crippen LogP contribution in [-0.4, -0.2) is 29.7 Å². The fourth-order valence-electron chi connectivity index (χ4n) is 3.01. The number of amides is 1. The van der Waals surface area contributed by atoms with Crippen LogP contribution < -0.4 is 0 Å². The smallest absolute Gasteiger partial charge is 0.233 e. The molecule has 0 N–H and O–H groups in total. The van der Waals surface area contributed by atoms with Gasteiger partial charge in [0.25, 0.3) is 0 Å². The molecule has 3 heteroatoms. The quantitative estimate of drug-likeness (QED) is 0.744. The summed E-state index contributed by atoms with van der Waals surface area (Å²) in [5, 5.41) is 0. The minimum Gasteiger partial charge on any atom is -0.299 e. The molecule has 18 heavy (non-hydrogen) atoms. The average molecular weight is 242 g/mol. The van der Waals surface area contributed by atoms with Crippen LogP contribution in [0.15, 0.2) is 35.3 Å². The molecule has 2 aliphatic rings. The second kappa shape index (κ2) is 4.56. The molecule has 3 nitrogen and oxygen atoms in total. The molecule has 0 saturated heterocycles. The van der Waals surface area contributed by atoms with E-state index in [0.29, 0.717) is 0 Å². The Kier molecular flexibility index (Phi) is 2.90. The molecule has 1 aliphatic carbocycles. The van der Waals surface area contributed by atoms with Crippen molar-refractivity contribution >= 4 is 11.7 Å². The molecule has 1 aromatic carbocycles. The Hall–Kier alpha value is -1.64. The lowest BCUT2D eigenvalue weighted by atomic mass is 9.82. The van der Waals surface area contributed by atoms with Crippen molar-refractivity contribution < 1.29 is 4.79 Å². The van der Waals surface area contributed by atoms with Gasteiger partial charge in [-0.1, -0.05) is 43.2 Å². The van der Waals surface area contributed by atoms with Gasteiger partial charge >= 0.3 is 0 Å². The molecule has 1 aliphatic heterocycles. The van der Waals surface area contributed by atoms with Crippen LogP contribution in [-0.2, 0) is 4.79 Å². The average Bonchev–Trinajstić information content (AvgIpc) is 2.44. The largest absolute Gasteiger partial charge is 0.299 e. The Morgan fingerprint density at radius 1 is 1.17 bits per heavy atom. The number of aliphatic imine (C=N–C) groups is 1. The van der Waals surface area contributed by atoms with E-state index in [1.165, 1.54) is 6.42 Å². The van der Waals surface area contributed by atoms with Gasteiger partial charge in [-0.25, -0.2) is 0 Å². The SMILES string of the molecule is CN1C(=O)C2CCCCC2N=C1c1ccccc1. The number of fused-ring (bicyclic) bond motifs is 1. The summed E-state index contributed by atoms with van der Waals surface area (Å²) in [6, 6.07) is 10.2. The van der Waals surface area contributed by atoms with E-state index in [9.17, 15) is 4.79 Å². The second-order valence-electron chi connectivity index (χ2n) is 5.17. The van der Waals surface area contributed by atoms with Crippen molar-refractivity contribution in [1.82, 2.24) is 4.90 Å². The molecule has 94 valence electrons. The molecule has 1 fully saturated rings. The Morgan fingerprint density at radius 3 is 2.67 bits per heavy atom. The van der Waals surface area contributed by atoms with Crippen molar-refractivity contribution in [2.24, 2.45) is 10.9 Å². The van der Waals surface area contributed by atoms with Crippen LogP contribution in [0.25, 0.3) is 0 Å². The molecule has 3 rings (SSSR count). The van der Waals surface area contributed by atoms with Gasteiger partial charge in [0.05, 0.1) is 12.0 Å². The van der Waals surface area contributed by atoms with Gasteiger partial charge in [0.15, 0.2) is 0 Å². The zero-order chi connectivity index (χ0) is 12.5. The Balaban J connectivity index is 1.99. The predicted molar refractivity (Wildman–Crippen MR) is 71.5 cm³/mol. The third-order valence-corrected chi connectivity index (χ3v) is 4.02. The van der Waals surface area contributed by atoms with E-state index in [2.05, 4.69) is 0 Å². The first-order valence-corrected chi connectivity index (χ1v) is 6.68. The van der Waals surface area contributed by atoms with Crippen molar-refractivity contribution in [2.75, 3.05) is 7.05 Å². The van der Waals surface area contributed by atoms with E-state index in [-0.39, 0.29) is 17.9 Å². The molecule has 1 aromatic rings. The summed E-state index contributed by atoms with van der Waals surface area (Å²) in [6.07, 6.45) is 4.42. The van der Waals surface area contributed by atoms with Crippen LogP contribution in [0.1, 0.15) is 31.2 Å². The molecule has 0 spiro atoms. The Morgan fingerprint density at radius 2 is 1.89 bits per heavy atom. The van der Waals surface area contributed by atoms with Gasteiger partial charge in [-0.05, 0) is 12.8 Å². The highest BCUT2D eigenvalue weighted by Gasteiger charge is 2.38. The standard InChI is InChI=1S/C15H18N2O/c1-17-14(11-7-3-2-4-8-11)16-13-10-6-5-9-12(13)15(17)18/h2-4,7-8,12-13H,5-6,9-10H2,1H3. The van der Waals surface area contributed by atoms with Gasteiger partial charge in [0.2, 0.25) is 5.91 Å². The first kappa shape index (κ1) is 11.5.